The summed E-state index contributed by atoms with van der Waals surface area (Å²) in [5, 5.41) is 7.30. The summed E-state index contributed by atoms with van der Waals surface area (Å²) in [5.74, 6) is 0.943. The highest BCUT2D eigenvalue weighted by Crippen LogP contribution is 2.54. The molecule has 0 spiro atoms. The molecule has 0 saturated heterocycles. The molecule has 1 heterocycles. The van der Waals surface area contributed by atoms with Crippen LogP contribution in [0.3, 0.4) is 0 Å². The van der Waals surface area contributed by atoms with Crippen molar-refractivity contribution in [1.29, 1.82) is 0 Å². The summed E-state index contributed by atoms with van der Waals surface area (Å²) in [5.41, 5.74) is 14.5. The number of hydrogen-bond donors (Lipinski definition) is 0. The van der Waals surface area contributed by atoms with Crippen LogP contribution in [-0.4, -0.2) is 9.55 Å². The fourth-order valence-corrected chi connectivity index (χ4v) is 9.25. The van der Waals surface area contributed by atoms with Crippen LogP contribution in [-0.2, 0) is 5.41 Å². The van der Waals surface area contributed by atoms with Gasteiger partial charge in [-0.2, -0.15) is 0 Å². The molecule has 1 aromatic heterocycles. The highest BCUT2D eigenvalue weighted by molar-refractivity contribution is 6.23. The Balaban J connectivity index is 1.30. The summed E-state index contributed by atoms with van der Waals surface area (Å²) in [6.07, 6.45) is 0. The van der Waals surface area contributed by atoms with Gasteiger partial charge in [0.1, 0.15) is 5.82 Å². The predicted molar refractivity (Wildman–Crippen MR) is 227 cm³/mol. The number of rotatable bonds is 4. The van der Waals surface area contributed by atoms with Crippen LogP contribution in [0.25, 0.3) is 93.8 Å². The van der Waals surface area contributed by atoms with E-state index < -0.39 is 0 Å². The Bertz CT molecular complexity index is 3130. The van der Waals surface area contributed by atoms with Gasteiger partial charge in [-0.05, 0) is 113 Å². The van der Waals surface area contributed by atoms with Crippen LogP contribution in [0, 0.1) is 0 Å². The molecule has 1 aliphatic rings. The van der Waals surface area contributed by atoms with Crippen LogP contribution in [0.5, 0.6) is 0 Å². The van der Waals surface area contributed by atoms with E-state index in [1.54, 1.807) is 0 Å². The van der Waals surface area contributed by atoms with Gasteiger partial charge in [0.2, 0.25) is 0 Å². The quantitative estimate of drug-likeness (QED) is 0.168. The summed E-state index contributed by atoms with van der Waals surface area (Å²) in [6, 6.07) is 66.6. The number of para-hydroxylation sites is 3. The van der Waals surface area contributed by atoms with Gasteiger partial charge in [-0.15, -0.1) is 0 Å². The van der Waals surface area contributed by atoms with Crippen molar-refractivity contribution >= 4 is 43.4 Å². The maximum Gasteiger partial charge on any atom is 0.146 e. The number of hydrogen-bond acceptors (Lipinski definition) is 1. The highest BCUT2D eigenvalue weighted by Gasteiger charge is 2.37. The first-order valence-electron chi connectivity index (χ1n) is 18.8. The van der Waals surface area contributed by atoms with Gasteiger partial charge in [0.15, 0.2) is 0 Å². The average Bonchev–Trinajstić information content (AvgIpc) is 3.72. The van der Waals surface area contributed by atoms with E-state index in [1.165, 1.54) is 76.8 Å². The summed E-state index contributed by atoms with van der Waals surface area (Å²) in [6.45, 7) is 4.74. The zero-order valence-electron chi connectivity index (χ0n) is 30.2. The second-order valence-corrected chi connectivity index (χ2v) is 15.1. The van der Waals surface area contributed by atoms with Gasteiger partial charge >= 0.3 is 0 Å². The second-order valence-electron chi connectivity index (χ2n) is 15.1. The van der Waals surface area contributed by atoms with E-state index in [0.29, 0.717) is 0 Å². The lowest BCUT2D eigenvalue weighted by molar-refractivity contribution is 0.660. The Kier molecular flexibility index (Phi) is 6.63. The Morgan fingerprint density at radius 1 is 0.426 bits per heavy atom. The Morgan fingerprint density at radius 2 is 1.06 bits per heavy atom. The summed E-state index contributed by atoms with van der Waals surface area (Å²) >= 11 is 0. The molecule has 2 heteroatoms. The Labute approximate surface area is 314 Å². The normalized spacial score (nSPS) is 13.1. The van der Waals surface area contributed by atoms with Crippen LogP contribution in [0.1, 0.15) is 25.0 Å². The first-order chi connectivity index (χ1) is 26.6. The SMILES string of the molecule is CC1(C)c2ccccc2-c2c(-c3c4ccccc4c(-c4nc5ccccc5n4-c4ccccc4)c4ccc(-c5ccc6ccccc6c5)cc34)cccc21. The molecule has 0 N–H and O–H groups in total. The van der Waals surface area contributed by atoms with Crippen molar-refractivity contribution in [3.8, 4) is 50.5 Å². The van der Waals surface area contributed by atoms with E-state index in [-0.39, 0.29) is 5.41 Å². The first-order valence-corrected chi connectivity index (χ1v) is 18.8. The van der Waals surface area contributed by atoms with Crippen LogP contribution in [0.4, 0.5) is 0 Å². The molecular weight excluding hydrogens is 653 g/mol. The second kappa shape index (κ2) is 11.6. The lowest BCUT2D eigenvalue weighted by atomic mass is 9.81. The van der Waals surface area contributed by atoms with E-state index in [9.17, 15) is 0 Å². The van der Waals surface area contributed by atoms with Crippen LogP contribution in [0.15, 0.2) is 182 Å². The van der Waals surface area contributed by atoms with Gasteiger partial charge in [0.25, 0.3) is 0 Å². The third-order valence-electron chi connectivity index (χ3n) is 11.8. The van der Waals surface area contributed by atoms with Crippen LogP contribution >= 0.6 is 0 Å². The number of imidazole rings is 1. The molecule has 0 atom stereocenters. The molecule has 0 saturated carbocycles. The molecule has 1 aliphatic carbocycles. The summed E-state index contributed by atoms with van der Waals surface area (Å²) in [4.78, 5) is 5.45. The monoisotopic (exact) mass is 688 g/mol. The topological polar surface area (TPSA) is 17.8 Å². The van der Waals surface area contributed by atoms with Crippen molar-refractivity contribution in [3.63, 3.8) is 0 Å². The van der Waals surface area contributed by atoms with E-state index >= 15 is 0 Å². The molecule has 54 heavy (non-hydrogen) atoms. The fourth-order valence-electron chi connectivity index (χ4n) is 9.25. The molecule has 0 radical (unpaired) electrons. The molecule has 2 nitrogen and oxygen atoms in total. The van der Waals surface area contributed by atoms with Crippen molar-refractivity contribution in [2.45, 2.75) is 19.3 Å². The van der Waals surface area contributed by atoms with E-state index in [4.69, 9.17) is 4.98 Å². The van der Waals surface area contributed by atoms with Gasteiger partial charge in [0, 0.05) is 16.7 Å². The maximum absolute atomic E-state index is 5.45. The van der Waals surface area contributed by atoms with Crippen molar-refractivity contribution in [2.24, 2.45) is 0 Å². The molecule has 10 aromatic rings. The molecule has 0 unspecified atom stereocenters. The number of benzene rings is 9. The smallest absolute Gasteiger partial charge is 0.146 e. The minimum atomic E-state index is -0.107. The Hall–Kier alpha value is -6.77. The predicted octanol–water partition coefficient (Wildman–Crippen LogP) is 13.8. The molecule has 9 aromatic carbocycles. The lowest BCUT2D eigenvalue weighted by Crippen LogP contribution is -2.14. The Morgan fingerprint density at radius 3 is 1.93 bits per heavy atom. The number of nitrogens with zero attached hydrogens (tertiary/aromatic N) is 2. The zero-order valence-corrected chi connectivity index (χ0v) is 30.2. The minimum Gasteiger partial charge on any atom is -0.292 e. The zero-order chi connectivity index (χ0) is 36.0. The summed E-state index contributed by atoms with van der Waals surface area (Å²) < 4.78 is 2.34. The molecule has 0 bridgehead atoms. The number of aromatic nitrogens is 2. The molecule has 0 amide bonds. The molecule has 0 fully saturated rings. The van der Waals surface area contributed by atoms with Crippen LogP contribution < -0.4 is 0 Å². The third kappa shape index (κ3) is 4.44. The third-order valence-corrected chi connectivity index (χ3v) is 11.8. The van der Waals surface area contributed by atoms with Gasteiger partial charge < -0.3 is 0 Å². The molecule has 254 valence electrons. The van der Waals surface area contributed by atoms with Gasteiger partial charge in [-0.25, -0.2) is 4.98 Å². The minimum absolute atomic E-state index is 0.107. The van der Waals surface area contributed by atoms with Crippen molar-refractivity contribution in [1.82, 2.24) is 9.55 Å². The van der Waals surface area contributed by atoms with Crippen molar-refractivity contribution < 1.29 is 0 Å². The first kappa shape index (κ1) is 30.8. The molecular formula is C52H36N2. The van der Waals surface area contributed by atoms with Gasteiger partial charge in [-0.3, -0.25) is 4.57 Å². The van der Waals surface area contributed by atoms with E-state index in [0.717, 1.165) is 28.1 Å². The number of fused-ring (bicyclic) bond motifs is 7. The van der Waals surface area contributed by atoms with Crippen molar-refractivity contribution in [2.75, 3.05) is 0 Å². The lowest BCUT2D eigenvalue weighted by Gasteiger charge is -2.23. The average molecular weight is 689 g/mol. The van der Waals surface area contributed by atoms with Gasteiger partial charge in [-0.1, -0.05) is 159 Å². The van der Waals surface area contributed by atoms with Gasteiger partial charge in [0.05, 0.1) is 11.0 Å². The van der Waals surface area contributed by atoms with Crippen molar-refractivity contribution in [3.05, 3.63) is 193 Å². The van der Waals surface area contributed by atoms with Crippen LogP contribution in [0.2, 0.25) is 0 Å². The molecule has 11 rings (SSSR count). The largest absolute Gasteiger partial charge is 0.292 e. The standard InChI is InChI=1S/C52H36N2/c1-52(2)44-23-11-10-21-41(44)49-42(22-14-24-45(49)52)48-38-19-8-9-20-39(38)50(51-53-46-25-12-13-26-47(46)54(51)37-17-4-3-5-18-37)40-30-29-36(32-43(40)48)35-28-27-33-15-6-7-16-34(33)31-35/h3-32H,1-2H3. The van der Waals surface area contributed by atoms with E-state index in [1.807, 2.05) is 0 Å². The highest BCUT2D eigenvalue weighted by atomic mass is 15.1. The summed E-state index contributed by atoms with van der Waals surface area (Å²) in [7, 11) is 0. The molecule has 0 aliphatic heterocycles. The fraction of sp³-hybridized carbons (Fsp3) is 0.0577. The van der Waals surface area contributed by atoms with E-state index in [2.05, 4.69) is 200 Å². The maximum atomic E-state index is 5.45.